The predicted octanol–water partition coefficient (Wildman–Crippen LogP) is 4.96. The molecule has 150 valence electrons. The van der Waals surface area contributed by atoms with Gasteiger partial charge in [0.15, 0.2) is 16.7 Å². The van der Waals surface area contributed by atoms with E-state index in [2.05, 4.69) is 0 Å². The summed E-state index contributed by atoms with van der Waals surface area (Å²) < 4.78 is 11.3. The molecule has 0 radical (unpaired) electrons. The standard InChI is InChI=1S/C23H24N2O3S/c1-14(2)24-23-25(21-15(3)6-5-7-16(21)4)22(26)20(29-23)13-17-8-9-18-19(12-17)28-11-10-27-18/h5-9,12-14H,10-11H2,1-4H3/b20-13-,24-23?. The van der Waals surface area contributed by atoms with Gasteiger partial charge in [0.05, 0.1) is 10.6 Å². The Morgan fingerprint density at radius 3 is 2.45 bits per heavy atom. The van der Waals surface area contributed by atoms with Crippen LogP contribution in [0.5, 0.6) is 11.5 Å². The lowest BCUT2D eigenvalue weighted by molar-refractivity contribution is -0.113. The van der Waals surface area contributed by atoms with Crippen molar-refractivity contribution in [3.8, 4) is 11.5 Å². The van der Waals surface area contributed by atoms with Gasteiger partial charge in [0.25, 0.3) is 5.91 Å². The lowest BCUT2D eigenvalue weighted by Crippen LogP contribution is -2.30. The molecule has 0 spiro atoms. The van der Waals surface area contributed by atoms with Crippen molar-refractivity contribution in [3.63, 3.8) is 0 Å². The molecule has 4 rings (SSSR count). The quantitative estimate of drug-likeness (QED) is 0.674. The van der Waals surface area contributed by atoms with Crippen molar-refractivity contribution < 1.29 is 14.3 Å². The first kappa shape index (κ1) is 19.6. The number of benzene rings is 2. The number of carbonyl (C=O) groups excluding carboxylic acids is 1. The number of rotatable bonds is 3. The molecule has 2 aromatic carbocycles. The van der Waals surface area contributed by atoms with Crippen LogP contribution >= 0.6 is 11.8 Å². The van der Waals surface area contributed by atoms with Crippen LogP contribution in [-0.2, 0) is 4.79 Å². The maximum atomic E-state index is 13.4. The fourth-order valence-corrected chi connectivity index (χ4v) is 4.54. The third kappa shape index (κ3) is 3.90. The zero-order valence-corrected chi connectivity index (χ0v) is 17.9. The van der Waals surface area contributed by atoms with Gasteiger partial charge in [0, 0.05) is 6.04 Å². The van der Waals surface area contributed by atoms with Crippen molar-refractivity contribution in [2.24, 2.45) is 4.99 Å². The topological polar surface area (TPSA) is 51.1 Å². The molecule has 2 aliphatic rings. The number of aliphatic imine (C=N–C) groups is 1. The van der Waals surface area contributed by atoms with Crippen molar-refractivity contribution in [2.45, 2.75) is 33.7 Å². The second-order valence-electron chi connectivity index (χ2n) is 7.40. The molecule has 0 aliphatic carbocycles. The van der Waals surface area contributed by atoms with Crippen molar-refractivity contribution in [1.82, 2.24) is 0 Å². The van der Waals surface area contributed by atoms with Gasteiger partial charge in [-0.1, -0.05) is 24.3 Å². The predicted molar refractivity (Wildman–Crippen MR) is 119 cm³/mol. The zero-order chi connectivity index (χ0) is 20.5. The molecule has 1 fully saturated rings. The van der Waals surface area contributed by atoms with E-state index >= 15 is 0 Å². The Hall–Kier alpha value is -2.73. The Labute approximate surface area is 175 Å². The Kier molecular flexibility index (Phi) is 5.37. The molecule has 5 nitrogen and oxygen atoms in total. The van der Waals surface area contributed by atoms with Crippen molar-refractivity contribution >= 4 is 34.6 Å². The molecule has 2 aliphatic heterocycles. The van der Waals surface area contributed by atoms with Crippen LogP contribution in [-0.4, -0.2) is 30.3 Å². The summed E-state index contributed by atoms with van der Waals surface area (Å²) in [5.74, 6) is 1.40. The number of amides is 1. The lowest BCUT2D eigenvalue weighted by atomic mass is 10.1. The number of hydrogen-bond donors (Lipinski definition) is 0. The van der Waals surface area contributed by atoms with E-state index in [9.17, 15) is 4.79 Å². The van der Waals surface area contributed by atoms with Crippen LogP contribution in [0.15, 0.2) is 46.3 Å². The summed E-state index contributed by atoms with van der Waals surface area (Å²) >= 11 is 1.42. The summed E-state index contributed by atoms with van der Waals surface area (Å²) in [6.45, 7) is 9.17. The molecular formula is C23H24N2O3S. The first-order valence-electron chi connectivity index (χ1n) is 9.71. The Morgan fingerprint density at radius 1 is 1.07 bits per heavy atom. The summed E-state index contributed by atoms with van der Waals surface area (Å²) in [7, 11) is 0. The van der Waals surface area contributed by atoms with Crippen LogP contribution in [0.2, 0.25) is 0 Å². The Balaban J connectivity index is 1.75. The average Bonchev–Trinajstić information content (AvgIpc) is 2.96. The summed E-state index contributed by atoms with van der Waals surface area (Å²) in [6.07, 6.45) is 1.90. The fourth-order valence-electron chi connectivity index (χ4n) is 3.44. The van der Waals surface area contributed by atoms with E-state index < -0.39 is 0 Å². The summed E-state index contributed by atoms with van der Waals surface area (Å²) in [5, 5.41) is 0.714. The number of para-hydroxylation sites is 1. The number of hydrogen-bond acceptors (Lipinski definition) is 5. The van der Waals surface area contributed by atoms with E-state index in [0.717, 1.165) is 28.1 Å². The molecule has 2 heterocycles. The molecule has 0 aromatic heterocycles. The van der Waals surface area contributed by atoms with E-state index in [0.29, 0.717) is 29.0 Å². The van der Waals surface area contributed by atoms with Gasteiger partial charge in [0.1, 0.15) is 13.2 Å². The highest BCUT2D eigenvalue weighted by molar-refractivity contribution is 8.19. The largest absolute Gasteiger partial charge is 0.486 e. The third-order valence-electron chi connectivity index (χ3n) is 4.70. The van der Waals surface area contributed by atoms with Crippen molar-refractivity contribution in [1.29, 1.82) is 0 Å². The minimum absolute atomic E-state index is 0.0540. The highest BCUT2D eigenvalue weighted by atomic mass is 32.2. The van der Waals surface area contributed by atoms with Crippen molar-refractivity contribution in [2.75, 3.05) is 18.1 Å². The van der Waals surface area contributed by atoms with E-state index in [1.54, 1.807) is 4.90 Å². The van der Waals surface area contributed by atoms with E-state index in [1.165, 1.54) is 11.8 Å². The fraction of sp³-hybridized carbons (Fsp3) is 0.304. The van der Waals surface area contributed by atoms with Crippen molar-refractivity contribution in [3.05, 3.63) is 58.0 Å². The zero-order valence-electron chi connectivity index (χ0n) is 17.1. The SMILES string of the molecule is Cc1cccc(C)c1N1C(=O)/C(=C/c2ccc3c(c2)OCCO3)SC1=NC(C)C. The van der Waals surface area contributed by atoms with Gasteiger partial charge in [-0.25, -0.2) is 0 Å². The number of anilines is 1. The number of aryl methyl sites for hydroxylation is 2. The van der Waals surface area contributed by atoms with Crippen LogP contribution in [0.3, 0.4) is 0 Å². The molecule has 0 atom stereocenters. The number of carbonyl (C=O) groups is 1. The minimum Gasteiger partial charge on any atom is -0.486 e. The molecule has 1 saturated heterocycles. The molecule has 0 bridgehead atoms. The highest BCUT2D eigenvalue weighted by Gasteiger charge is 2.36. The lowest BCUT2D eigenvalue weighted by Gasteiger charge is -2.21. The Morgan fingerprint density at radius 2 is 1.76 bits per heavy atom. The summed E-state index contributed by atoms with van der Waals surface area (Å²) in [6, 6.07) is 11.9. The monoisotopic (exact) mass is 408 g/mol. The van der Waals surface area contributed by atoms with Crippen LogP contribution in [0.25, 0.3) is 6.08 Å². The number of fused-ring (bicyclic) bond motifs is 1. The van der Waals surface area contributed by atoms with Crippen LogP contribution in [0.4, 0.5) is 5.69 Å². The van der Waals surface area contributed by atoms with Gasteiger partial charge in [-0.05, 0) is 74.4 Å². The van der Waals surface area contributed by atoms with Crippen LogP contribution in [0, 0.1) is 13.8 Å². The average molecular weight is 409 g/mol. The molecule has 6 heteroatoms. The van der Waals surface area contributed by atoms with E-state index in [4.69, 9.17) is 14.5 Å². The number of thioether (sulfide) groups is 1. The number of ether oxygens (including phenoxy) is 2. The van der Waals surface area contributed by atoms with Gasteiger partial charge < -0.3 is 9.47 Å². The minimum atomic E-state index is -0.0540. The van der Waals surface area contributed by atoms with Gasteiger partial charge in [-0.15, -0.1) is 0 Å². The molecule has 0 N–H and O–H groups in total. The summed E-state index contributed by atoms with van der Waals surface area (Å²) in [5.41, 5.74) is 3.92. The molecule has 0 unspecified atom stereocenters. The van der Waals surface area contributed by atoms with E-state index in [-0.39, 0.29) is 11.9 Å². The highest BCUT2D eigenvalue weighted by Crippen LogP contribution is 2.40. The van der Waals surface area contributed by atoms with Gasteiger partial charge >= 0.3 is 0 Å². The maximum absolute atomic E-state index is 13.4. The number of amidine groups is 1. The summed E-state index contributed by atoms with van der Waals surface area (Å²) in [4.78, 5) is 20.5. The first-order valence-corrected chi connectivity index (χ1v) is 10.5. The smallest absolute Gasteiger partial charge is 0.271 e. The van der Waals surface area contributed by atoms with E-state index in [1.807, 2.05) is 70.2 Å². The maximum Gasteiger partial charge on any atom is 0.271 e. The van der Waals surface area contributed by atoms with Gasteiger partial charge in [0.2, 0.25) is 0 Å². The molecule has 1 amide bonds. The molecule has 2 aromatic rings. The van der Waals surface area contributed by atoms with Crippen LogP contribution < -0.4 is 14.4 Å². The second-order valence-corrected chi connectivity index (χ2v) is 8.41. The number of nitrogens with zero attached hydrogens (tertiary/aromatic N) is 2. The second kappa shape index (κ2) is 7.95. The Bertz CT molecular complexity index is 1010. The molecular weight excluding hydrogens is 384 g/mol. The van der Waals surface area contributed by atoms with Gasteiger partial charge in [-0.2, -0.15) is 0 Å². The third-order valence-corrected chi connectivity index (χ3v) is 5.69. The van der Waals surface area contributed by atoms with Crippen LogP contribution in [0.1, 0.15) is 30.5 Å². The molecule has 29 heavy (non-hydrogen) atoms. The molecule has 0 saturated carbocycles. The first-order chi connectivity index (χ1) is 13.9. The van der Waals surface area contributed by atoms with Gasteiger partial charge in [-0.3, -0.25) is 14.7 Å². The normalized spacial score (nSPS) is 18.9.